The number of amides is 1. The quantitative estimate of drug-likeness (QED) is 0.792. The molecule has 1 saturated carbocycles. The highest BCUT2D eigenvalue weighted by molar-refractivity contribution is 7.98. The minimum Gasteiger partial charge on any atom is -0.345 e. The molecule has 2 N–H and O–H groups in total. The molecule has 88 valence electrons. The van der Waals surface area contributed by atoms with Gasteiger partial charge in [0.1, 0.15) is 0 Å². The van der Waals surface area contributed by atoms with Gasteiger partial charge in [-0.1, -0.05) is 12.8 Å². The first-order valence-electron chi connectivity index (χ1n) is 5.66. The molecule has 4 heteroatoms. The molecule has 0 spiro atoms. The van der Waals surface area contributed by atoms with Gasteiger partial charge in [0.2, 0.25) is 5.91 Å². The molecule has 0 saturated heterocycles. The van der Waals surface area contributed by atoms with Crippen LogP contribution >= 0.6 is 11.8 Å². The Hall–Kier alpha value is -0.220. The third-order valence-electron chi connectivity index (χ3n) is 3.14. The molecule has 2 atom stereocenters. The molecular weight excluding hydrogens is 208 g/mol. The Labute approximate surface area is 96.8 Å². The maximum Gasteiger partial charge on any atom is 0.227 e. The van der Waals surface area contributed by atoms with Crippen LogP contribution < -0.4 is 5.73 Å². The van der Waals surface area contributed by atoms with E-state index in [1.165, 1.54) is 6.42 Å². The number of rotatable bonds is 4. The molecule has 2 unspecified atom stereocenters. The summed E-state index contributed by atoms with van der Waals surface area (Å²) in [6.07, 6.45) is 6.38. The van der Waals surface area contributed by atoms with Crippen molar-refractivity contribution in [2.45, 2.75) is 31.7 Å². The second kappa shape index (κ2) is 6.38. The minimum atomic E-state index is 0.0746. The van der Waals surface area contributed by atoms with Crippen LogP contribution in [0.2, 0.25) is 0 Å². The second-order valence-corrected chi connectivity index (χ2v) is 5.29. The summed E-state index contributed by atoms with van der Waals surface area (Å²) in [5.74, 6) is 1.33. The van der Waals surface area contributed by atoms with E-state index in [1.807, 2.05) is 11.9 Å². The van der Waals surface area contributed by atoms with Crippen molar-refractivity contribution in [1.29, 1.82) is 0 Å². The van der Waals surface area contributed by atoms with Crippen molar-refractivity contribution >= 4 is 17.7 Å². The lowest BCUT2D eigenvalue weighted by Gasteiger charge is -2.31. The van der Waals surface area contributed by atoms with Gasteiger partial charge in [-0.25, -0.2) is 0 Å². The zero-order chi connectivity index (χ0) is 11.3. The molecule has 0 bridgehead atoms. The fraction of sp³-hybridized carbons (Fsp3) is 0.909. The first-order valence-corrected chi connectivity index (χ1v) is 7.05. The van der Waals surface area contributed by atoms with Crippen LogP contribution in [0.5, 0.6) is 0 Å². The SMILES string of the molecule is CSCCN(C)C(=O)C1CCCCC1N. The van der Waals surface area contributed by atoms with Crippen LogP contribution in [0.15, 0.2) is 0 Å². The Balaban J connectivity index is 2.43. The minimum absolute atomic E-state index is 0.0746. The normalized spacial score (nSPS) is 26.3. The Morgan fingerprint density at radius 1 is 1.47 bits per heavy atom. The predicted octanol–water partition coefficient (Wildman–Crippen LogP) is 1.33. The van der Waals surface area contributed by atoms with Crippen LogP contribution in [0.1, 0.15) is 25.7 Å². The van der Waals surface area contributed by atoms with Crippen molar-refractivity contribution in [2.24, 2.45) is 11.7 Å². The molecule has 0 aromatic heterocycles. The molecule has 3 nitrogen and oxygen atoms in total. The summed E-state index contributed by atoms with van der Waals surface area (Å²) in [6, 6.07) is 0.0861. The average molecular weight is 230 g/mol. The predicted molar refractivity (Wildman–Crippen MR) is 66.0 cm³/mol. The van der Waals surface area contributed by atoms with Gasteiger partial charge < -0.3 is 10.6 Å². The third kappa shape index (κ3) is 3.68. The number of carbonyl (C=O) groups excluding carboxylic acids is 1. The highest BCUT2D eigenvalue weighted by Gasteiger charge is 2.29. The smallest absolute Gasteiger partial charge is 0.227 e. The number of hydrogen-bond donors (Lipinski definition) is 1. The van der Waals surface area contributed by atoms with Gasteiger partial charge in [0.05, 0.1) is 5.92 Å². The fourth-order valence-electron chi connectivity index (χ4n) is 2.09. The second-order valence-electron chi connectivity index (χ2n) is 4.31. The molecule has 15 heavy (non-hydrogen) atoms. The Morgan fingerprint density at radius 3 is 2.73 bits per heavy atom. The zero-order valence-corrected chi connectivity index (χ0v) is 10.6. The third-order valence-corrected chi connectivity index (χ3v) is 3.73. The summed E-state index contributed by atoms with van der Waals surface area (Å²) in [5, 5.41) is 0. The van der Waals surface area contributed by atoms with Crippen LogP contribution in [-0.2, 0) is 4.79 Å². The van der Waals surface area contributed by atoms with Crippen LogP contribution in [0, 0.1) is 5.92 Å². The first kappa shape index (κ1) is 12.8. The molecule has 0 aliphatic heterocycles. The Bertz CT molecular complexity index is 211. The van der Waals surface area contributed by atoms with E-state index in [9.17, 15) is 4.79 Å². The molecule has 1 fully saturated rings. The van der Waals surface area contributed by atoms with Gasteiger partial charge in [-0.15, -0.1) is 0 Å². The summed E-state index contributed by atoms with van der Waals surface area (Å²) in [5.41, 5.74) is 5.99. The van der Waals surface area contributed by atoms with Crippen molar-refractivity contribution in [3.05, 3.63) is 0 Å². The Kier molecular flexibility index (Phi) is 5.47. The molecule has 0 aromatic rings. The van der Waals surface area contributed by atoms with Crippen LogP contribution in [0.25, 0.3) is 0 Å². The van der Waals surface area contributed by atoms with E-state index in [-0.39, 0.29) is 17.9 Å². The number of hydrogen-bond acceptors (Lipinski definition) is 3. The van der Waals surface area contributed by atoms with Crippen LogP contribution in [-0.4, -0.2) is 42.4 Å². The number of thioether (sulfide) groups is 1. The molecule has 1 amide bonds. The molecule has 1 aliphatic rings. The number of nitrogens with zero attached hydrogens (tertiary/aromatic N) is 1. The van der Waals surface area contributed by atoms with E-state index in [4.69, 9.17) is 5.73 Å². The van der Waals surface area contributed by atoms with Gasteiger partial charge in [-0.05, 0) is 19.1 Å². The highest BCUT2D eigenvalue weighted by Crippen LogP contribution is 2.24. The lowest BCUT2D eigenvalue weighted by atomic mass is 9.84. The topological polar surface area (TPSA) is 46.3 Å². The summed E-state index contributed by atoms with van der Waals surface area (Å²) >= 11 is 1.77. The molecule has 0 radical (unpaired) electrons. The Morgan fingerprint density at radius 2 is 2.13 bits per heavy atom. The monoisotopic (exact) mass is 230 g/mol. The lowest BCUT2D eigenvalue weighted by molar-refractivity contribution is -0.135. The highest BCUT2D eigenvalue weighted by atomic mass is 32.2. The summed E-state index contributed by atoms with van der Waals surface area (Å²) in [7, 11) is 1.89. The van der Waals surface area contributed by atoms with E-state index in [0.29, 0.717) is 0 Å². The standard InChI is InChI=1S/C11H22N2OS/c1-13(7-8-15-2)11(14)9-5-3-4-6-10(9)12/h9-10H,3-8,12H2,1-2H3. The van der Waals surface area contributed by atoms with E-state index in [0.717, 1.165) is 31.6 Å². The van der Waals surface area contributed by atoms with Gasteiger partial charge in [0.25, 0.3) is 0 Å². The van der Waals surface area contributed by atoms with Gasteiger partial charge >= 0.3 is 0 Å². The van der Waals surface area contributed by atoms with Crippen molar-refractivity contribution in [3.8, 4) is 0 Å². The van der Waals surface area contributed by atoms with Crippen molar-refractivity contribution in [1.82, 2.24) is 4.90 Å². The zero-order valence-electron chi connectivity index (χ0n) is 9.74. The lowest BCUT2D eigenvalue weighted by Crippen LogP contribution is -2.44. The van der Waals surface area contributed by atoms with Crippen molar-refractivity contribution in [2.75, 3.05) is 25.6 Å². The fourth-order valence-corrected chi connectivity index (χ4v) is 2.54. The van der Waals surface area contributed by atoms with Crippen LogP contribution in [0.4, 0.5) is 0 Å². The molecule has 0 heterocycles. The molecule has 0 aromatic carbocycles. The van der Waals surface area contributed by atoms with Gasteiger partial charge in [-0.3, -0.25) is 4.79 Å². The average Bonchev–Trinajstić information content (AvgIpc) is 2.25. The number of carbonyl (C=O) groups is 1. The van der Waals surface area contributed by atoms with Crippen molar-refractivity contribution in [3.63, 3.8) is 0 Å². The van der Waals surface area contributed by atoms with E-state index in [1.54, 1.807) is 11.8 Å². The first-order chi connectivity index (χ1) is 7.16. The molecule has 1 aliphatic carbocycles. The van der Waals surface area contributed by atoms with Gasteiger partial charge in [0, 0.05) is 25.4 Å². The van der Waals surface area contributed by atoms with Gasteiger partial charge in [0.15, 0.2) is 0 Å². The summed E-state index contributed by atoms with van der Waals surface area (Å²) in [4.78, 5) is 13.9. The van der Waals surface area contributed by atoms with Crippen LogP contribution in [0.3, 0.4) is 0 Å². The van der Waals surface area contributed by atoms with E-state index < -0.39 is 0 Å². The van der Waals surface area contributed by atoms with E-state index >= 15 is 0 Å². The molecule has 1 rings (SSSR count). The largest absolute Gasteiger partial charge is 0.345 e. The van der Waals surface area contributed by atoms with Gasteiger partial charge in [-0.2, -0.15) is 11.8 Å². The van der Waals surface area contributed by atoms with Crippen molar-refractivity contribution < 1.29 is 4.79 Å². The summed E-state index contributed by atoms with van der Waals surface area (Å²) in [6.45, 7) is 0.837. The number of nitrogens with two attached hydrogens (primary N) is 1. The maximum atomic E-state index is 12.1. The maximum absolute atomic E-state index is 12.1. The molecular formula is C11H22N2OS. The van der Waals surface area contributed by atoms with E-state index in [2.05, 4.69) is 6.26 Å². The summed E-state index contributed by atoms with van der Waals surface area (Å²) < 4.78 is 0.